The molecule has 0 saturated carbocycles. The third-order valence-corrected chi connectivity index (χ3v) is 12.8. The van der Waals surface area contributed by atoms with E-state index in [2.05, 4.69) is 209 Å². The fourth-order valence-corrected chi connectivity index (χ4v) is 9.27. The summed E-state index contributed by atoms with van der Waals surface area (Å²) in [6.07, 6.45) is 1.79. The van der Waals surface area contributed by atoms with Gasteiger partial charge in [0.25, 0.3) is 6.71 Å². The van der Waals surface area contributed by atoms with Gasteiger partial charge < -0.3 is 14.2 Å². The molecule has 7 aromatic rings. The first-order valence-electron chi connectivity index (χ1n) is 21.4. The van der Waals surface area contributed by atoms with E-state index in [1.165, 1.54) is 78.2 Å². The zero-order valence-electron chi connectivity index (χ0n) is 37.4. The third kappa shape index (κ3) is 6.60. The molecule has 0 radical (unpaired) electrons. The fourth-order valence-electron chi connectivity index (χ4n) is 9.27. The smallest absolute Gasteiger partial charge is 0.252 e. The average molecular weight is 775 g/mol. The van der Waals surface area contributed by atoms with Gasteiger partial charge in [-0.3, -0.25) is 0 Å². The number of benzene rings is 6. The van der Waals surface area contributed by atoms with Crippen LogP contribution in [0.15, 0.2) is 126 Å². The predicted molar refractivity (Wildman–Crippen MR) is 255 cm³/mol. The van der Waals surface area contributed by atoms with Gasteiger partial charge in [0.05, 0.1) is 12.0 Å². The number of hydrogen-bond donors (Lipinski definition) is 0. The SMILES string of the molecule is Cc1cc2c3c(c1)N(c1ccc(C(C)(C)C)cc1-c1ccc4ccoc4c1)c1ccc(C(C)(C)C)cc1B3c1cc(C(C)(C)C)ccc1N2c1ccc(C(C)(C)C)cc1. The maximum Gasteiger partial charge on any atom is 0.252 e. The summed E-state index contributed by atoms with van der Waals surface area (Å²) in [5.74, 6) is 0. The molecule has 0 unspecified atom stereocenters. The van der Waals surface area contributed by atoms with E-state index < -0.39 is 0 Å². The molecule has 3 nitrogen and oxygen atoms in total. The van der Waals surface area contributed by atoms with Gasteiger partial charge >= 0.3 is 0 Å². The van der Waals surface area contributed by atoms with Crippen LogP contribution in [0.25, 0.3) is 22.1 Å². The minimum atomic E-state index is -0.0331. The van der Waals surface area contributed by atoms with Crippen LogP contribution < -0.4 is 26.2 Å². The largest absolute Gasteiger partial charge is 0.464 e. The Labute approximate surface area is 353 Å². The molecular formula is C55H59BN2O. The lowest BCUT2D eigenvalue weighted by atomic mass is 9.33. The quantitative estimate of drug-likeness (QED) is 0.167. The molecule has 0 saturated heterocycles. The van der Waals surface area contributed by atoms with Crippen LogP contribution in [-0.4, -0.2) is 6.71 Å². The lowest BCUT2D eigenvalue weighted by Crippen LogP contribution is -2.61. The monoisotopic (exact) mass is 774 g/mol. The highest BCUT2D eigenvalue weighted by Gasteiger charge is 2.44. The van der Waals surface area contributed by atoms with E-state index >= 15 is 0 Å². The van der Waals surface area contributed by atoms with Crippen LogP contribution in [-0.2, 0) is 21.7 Å². The number of anilines is 6. The molecular weight excluding hydrogens is 715 g/mol. The number of nitrogens with zero attached hydrogens (tertiary/aromatic N) is 2. The van der Waals surface area contributed by atoms with Crippen molar-refractivity contribution in [2.75, 3.05) is 9.80 Å². The summed E-state index contributed by atoms with van der Waals surface area (Å²) < 4.78 is 6.02. The second-order valence-corrected chi connectivity index (χ2v) is 21.3. The standard InChI is InChI=1S/C55H59BN2O/c1-34-28-48-51-49(29-34)58(45-23-18-38(53(5,6)7)31-42(45)36-15-14-35-26-27-59-50(35)30-36)47-25-20-40(55(11,12)13)33-44(47)56(51)43-32-39(54(8,9)10)19-24-46(43)57(48)41-21-16-37(17-22-41)52(2,3)4/h14-33H,1-13H3. The van der Waals surface area contributed by atoms with E-state index in [1.807, 2.05) is 6.07 Å². The van der Waals surface area contributed by atoms with Gasteiger partial charge in [-0.15, -0.1) is 0 Å². The number of hydrogen-bond acceptors (Lipinski definition) is 3. The van der Waals surface area contributed by atoms with Crippen molar-refractivity contribution in [3.63, 3.8) is 0 Å². The third-order valence-electron chi connectivity index (χ3n) is 12.8. The molecule has 0 amide bonds. The molecule has 59 heavy (non-hydrogen) atoms. The van der Waals surface area contributed by atoms with E-state index in [0.717, 1.165) is 22.2 Å². The fraction of sp³-hybridized carbons (Fsp3) is 0.309. The van der Waals surface area contributed by atoms with Gasteiger partial charge in [0, 0.05) is 39.4 Å². The summed E-state index contributed by atoms with van der Waals surface area (Å²) in [4.78, 5) is 5.12. The Kier molecular flexibility index (Phi) is 8.77. The van der Waals surface area contributed by atoms with Crippen LogP contribution in [0.4, 0.5) is 34.1 Å². The number of furan rings is 1. The van der Waals surface area contributed by atoms with Crippen LogP contribution in [0.3, 0.4) is 0 Å². The maximum absolute atomic E-state index is 6.02. The van der Waals surface area contributed by atoms with Crippen molar-refractivity contribution in [1.82, 2.24) is 0 Å². The first-order chi connectivity index (χ1) is 27.7. The van der Waals surface area contributed by atoms with Crippen molar-refractivity contribution in [3.8, 4) is 11.1 Å². The van der Waals surface area contributed by atoms with Crippen LogP contribution >= 0.6 is 0 Å². The van der Waals surface area contributed by atoms with Gasteiger partial charge in [0.1, 0.15) is 5.58 Å². The van der Waals surface area contributed by atoms with Crippen molar-refractivity contribution < 1.29 is 4.42 Å². The van der Waals surface area contributed by atoms with Gasteiger partial charge in [0.2, 0.25) is 0 Å². The lowest BCUT2D eigenvalue weighted by molar-refractivity contribution is 0.590. The van der Waals surface area contributed by atoms with Crippen LogP contribution in [0, 0.1) is 6.92 Å². The molecule has 9 rings (SSSR count). The highest BCUT2D eigenvalue weighted by molar-refractivity contribution is 7.00. The molecule has 4 heteroatoms. The zero-order chi connectivity index (χ0) is 42.0. The number of aryl methyl sites for hydroxylation is 1. The molecule has 0 aliphatic carbocycles. The van der Waals surface area contributed by atoms with E-state index in [0.29, 0.717) is 0 Å². The van der Waals surface area contributed by atoms with Gasteiger partial charge in [0.15, 0.2) is 0 Å². The summed E-state index contributed by atoms with van der Waals surface area (Å²) in [6, 6.07) is 44.6. The van der Waals surface area contributed by atoms with Crippen molar-refractivity contribution in [3.05, 3.63) is 149 Å². The predicted octanol–water partition coefficient (Wildman–Crippen LogP) is 13.7. The first-order valence-corrected chi connectivity index (χ1v) is 21.4. The van der Waals surface area contributed by atoms with Gasteiger partial charge in [-0.05, 0) is 139 Å². The second-order valence-electron chi connectivity index (χ2n) is 21.3. The van der Waals surface area contributed by atoms with Crippen molar-refractivity contribution in [2.45, 2.75) is 112 Å². The maximum atomic E-state index is 6.02. The summed E-state index contributed by atoms with van der Waals surface area (Å²) in [5.41, 5.74) is 21.1. The lowest BCUT2D eigenvalue weighted by Gasteiger charge is -2.45. The molecule has 0 atom stereocenters. The number of fused-ring (bicyclic) bond motifs is 5. The van der Waals surface area contributed by atoms with Crippen molar-refractivity contribution >= 4 is 68.2 Å². The van der Waals surface area contributed by atoms with Crippen LogP contribution in [0.2, 0.25) is 0 Å². The summed E-state index contributed by atoms with van der Waals surface area (Å²) in [6.45, 7) is 30.1. The highest BCUT2D eigenvalue weighted by atomic mass is 16.3. The molecule has 298 valence electrons. The van der Waals surface area contributed by atoms with E-state index in [4.69, 9.17) is 4.42 Å². The van der Waals surface area contributed by atoms with E-state index in [9.17, 15) is 0 Å². The van der Waals surface area contributed by atoms with E-state index in [1.54, 1.807) is 6.26 Å². The Bertz CT molecular complexity index is 2780. The van der Waals surface area contributed by atoms with Gasteiger partial charge in [-0.2, -0.15) is 0 Å². The molecule has 2 aliphatic heterocycles. The molecule has 0 N–H and O–H groups in total. The average Bonchev–Trinajstić information content (AvgIpc) is 3.64. The van der Waals surface area contributed by atoms with Gasteiger partial charge in [-0.1, -0.05) is 138 Å². The summed E-state index contributed by atoms with van der Waals surface area (Å²) in [5, 5.41) is 1.11. The summed E-state index contributed by atoms with van der Waals surface area (Å²) >= 11 is 0. The van der Waals surface area contributed by atoms with Crippen molar-refractivity contribution in [2.24, 2.45) is 0 Å². The highest BCUT2D eigenvalue weighted by Crippen LogP contribution is 2.48. The van der Waals surface area contributed by atoms with Gasteiger partial charge in [-0.25, -0.2) is 0 Å². The molecule has 0 spiro atoms. The molecule has 2 aliphatic rings. The van der Waals surface area contributed by atoms with Crippen LogP contribution in [0.1, 0.15) is 111 Å². The zero-order valence-corrected chi connectivity index (χ0v) is 37.4. The molecule has 1 aromatic heterocycles. The second kappa shape index (κ2) is 13.3. The Balaban J connectivity index is 1.39. The Morgan fingerprint density at radius 1 is 0.441 bits per heavy atom. The van der Waals surface area contributed by atoms with E-state index in [-0.39, 0.29) is 28.4 Å². The van der Waals surface area contributed by atoms with Crippen molar-refractivity contribution in [1.29, 1.82) is 0 Å². The molecule has 6 aromatic carbocycles. The Morgan fingerprint density at radius 2 is 0.932 bits per heavy atom. The number of rotatable bonds is 3. The summed E-state index contributed by atoms with van der Waals surface area (Å²) in [7, 11) is 0. The Morgan fingerprint density at radius 3 is 1.49 bits per heavy atom. The first kappa shape index (κ1) is 39.0. The van der Waals surface area contributed by atoms with Crippen LogP contribution in [0.5, 0.6) is 0 Å². The molecule has 0 fully saturated rings. The normalized spacial score (nSPS) is 14.1. The minimum Gasteiger partial charge on any atom is -0.464 e. The molecule has 3 heterocycles. The minimum absolute atomic E-state index is 0.0137. The molecule has 0 bridgehead atoms. The Hall–Kier alpha value is -5.48. The topological polar surface area (TPSA) is 19.6 Å².